The zero-order chi connectivity index (χ0) is 20.2. The molecule has 2 fully saturated rings. The van der Waals surface area contributed by atoms with E-state index in [0.29, 0.717) is 5.02 Å². The Bertz CT molecular complexity index is 1060. The van der Waals surface area contributed by atoms with E-state index in [4.69, 9.17) is 27.1 Å². The lowest BCUT2D eigenvalue weighted by Gasteiger charge is -2.41. The number of imidazole rings is 1. The number of nitrogens with zero attached hydrogens (tertiary/aromatic N) is 4. The Labute approximate surface area is 175 Å². The van der Waals surface area contributed by atoms with Crippen molar-refractivity contribution in [3.8, 4) is 11.3 Å². The molecule has 1 unspecified atom stereocenters. The van der Waals surface area contributed by atoms with Crippen molar-refractivity contribution in [2.24, 2.45) is 11.1 Å². The van der Waals surface area contributed by atoms with E-state index in [9.17, 15) is 0 Å². The van der Waals surface area contributed by atoms with Gasteiger partial charge in [-0.1, -0.05) is 23.7 Å². The van der Waals surface area contributed by atoms with Crippen LogP contribution in [0.25, 0.3) is 16.9 Å². The molecular weight excluding hydrogens is 386 g/mol. The minimum absolute atomic E-state index is 0.0946. The molecule has 0 radical (unpaired) electrons. The first kappa shape index (κ1) is 18.9. The van der Waals surface area contributed by atoms with Gasteiger partial charge in [-0.05, 0) is 38.8 Å². The third-order valence-electron chi connectivity index (χ3n) is 6.70. The quantitative estimate of drug-likeness (QED) is 0.696. The van der Waals surface area contributed by atoms with Crippen molar-refractivity contribution < 1.29 is 4.74 Å². The van der Waals surface area contributed by atoms with Gasteiger partial charge in [0.1, 0.15) is 0 Å². The summed E-state index contributed by atoms with van der Waals surface area (Å²) in [5, 5.41) is 0.713. The molecule has 29 heavy (non-hydrogen) atoms. The Morgan fingerprint density at radius 1 is 1.28 bits per heavy atom. The SMILES string of the molecule is Cc1nc(N2CCC3(CC2)CO[C@@H](C)C3N)c2nccn2c1-c1cccc(Cl)c1. The van der Waals surface area contributed by atoms with E-state index in [1.54, 1.807) is 0 Å². The van der Waals surface area contributed by atoms with Crippen LogP contribution in [0.4, 0.5) is 5.82 Å². The molecule has 0 saturated carbocycles. The Hall–Kier alpha value is -2.15. The summed E-state index contributed by atoms with van der Waals surface area (Å²) in [5.41, 5.74) is 10.5. The molecule has 5 rings (SSSR count). The monoisotopic (exact) mass is 411 g/mol. The molecule has 2 N–H and O–H groups in total. The second-order valence-corrected chi connectivity index (χ2v) is 8.83. The minimum atomic E-state index is 0.0946. The molecule has 0 amide bonds. The Morgan fingerprint density at radius 3 is 2.76 bits per heavy atom. The molecule has 1 aromatic carbocycles. The number of fused-ring (bicyclic) bond motifs is 1. The summed E-state index contributed by atoms with van der Waals surface area (Å²) < 4.78 is 7.99. The van der Waals surface area contributed by atoms with E-state index < -0.39 is 0 Å². The number of rotatable bonds is 2. The van der Waals surface area contributed by atoms with Crippen LogP contribution in [0.15, 0.2) is 36.7 Å². The normalized spacial score (nSPS) is 23.9. The van der Waals surface area contributed by atoms with Crippen molar-refractivity contribution in [1.82, 2.24) is 14.4 Å². The highest BCUT2D eigenvalue weighted by molar-refractivity contribution is 6.30. The number of nitrogens with two attached hydrogens (primary N) is 1. The minimum Gasteiger partial charge on any atom is -0.376 e. The van der Waals surface area contributed by atoms with Gasteiger partial charge >= 0.3 is 0 Å². The number of benzene rings is 1. The first-order valence-corrected chi connectivity index (χ1v) is 10.6. The molecule has 0 bridgehead atoms. The molecule has 2 aliphatic heterocycles. The predicted molar refractivity (Wildman–Crippen MR) is 115 cm³/mol. The van der Waals surface area contributed by atoms with Crippen molar-refractivity contribution in [3.05, 3.63) is 47.4 Å². The highest BCUT2D eigenvalue weighted by Crippen LogP contribution is 2.42. The topological polar surface area (TPSA) is 68.7 Å². The number of halogens is 1. The van der Waals surface area contributed by atoms with Gasteiger partial charge in [0.05, 0.1) is 24.1 Å². The van der Waals surface area contributed by atoms with Crippen LogP contribution in [0, 0.1) is 12.3 Å². The van der Waals surface area contributed by atoms with Crippen LogP contribution in [0.2, 0.25) is 5.02 Å². The summed E-state index contributed by atoms with van der Waals surface area (Å²) in [7, 11) is 0. The number of anilines is 1. The third kappa shape index (κ3) is 3.01. The molecule has 1 spiro atoms. The highest BCUT2D eigenvalue weighted by atomic mass is 35.5. The van der Waals surface area contributed by atoms with E-state index in [2.05, 4.69) is 27.3 Å². The van der Waals surface area contributed by atoms with E-state index in [1.807, 2.05) is 37.5 Å². The molecule has 6 nitrogen and oxygen atoms in total. The van der Waals surface area contributed by atoms with Gasteiger partial charge in [-0.25, -0.2) is 9.97 Å². The van der Waals surface area contributed by atoms with Gasteiger partial charge in [0.25, 0.3) is 0 Å². The first-order valence-electron chi connectivity index (χ1n) is 10.2. The lowest BCUT2D eigenvalue weighted by Crippen LogP contribution is -2.50. The van der Waals surface area contributed by atoms with Crippen LogP contribution in [-0.4, -0.2) is 46.2 Å². The molecule has 3 aromatic rings. The number of hydrogen-bond acceptors (Lipinski definition) is 5. The van der Waals surface area contributed by atoms with Crippen molar-refractivity contribution >= 4 is 23.1 Å². The summed E-state index contributed by atoms with van der Waals surface area (Å²) in [6, 6.07) is 7.98. The molecule has 2 saturated heterocycles. The van der Waals surface area contributed by atoms with E-state index in [1.165, 1.54) is 0 Å². The van der Waals surface area contributed by atoms with Gasteiger partial charge in [0.2, 0.25) is 0 Å². The summed E-state index contributed by atoms with van der Waals surface area (Å²) in [6.07, 6.45) is 6.00. The van der Waals surface area contributed by atoms with Crippen molar-refractivity contribution in [2.75, 3.05) is 24.6 Å². The van der Waals surface area contributed by atoms with Gasteiger partial charge in [-0.3, -0.25) is 4.40 Å². The zero-order valence-corrected chi connectivity index (χ0v) is 17.6. The Balaban J connectivity index is 1.50. The van der Waals surface area contributed by atoms with Crippen molar-refractivity contribution in [1.29, 1.82) is 0 Å². The van der Waals surface area contributed by atoms with Gasteiger partial charge in [-0.2, -0.15) is 0 Å². The summed E-state index contributed by atoms with van der Waals surface area (Å²) >= 11 is 6.23. The van der Waals surface area contributed by atoms with Crippen LogP contribution in [0.5, 0.6) is 0 Å². The van der Waals surface area contributed by atoms with E-state index in [0.717, 1.165) is 61.0 Å². The first-order chi connectivity index (χ1) is 14.0. The number of piperidine rings is 1. The maximum absolute atomic E-state index is 6.48. The van der Waals surface area contributed by atoms with Gasteiger partial charge in [0, 0.05) is 47.5 Å². The number of ether oxygens (including phenoxy) is 1. The highest BCUT2D eigenvalue weighted by Gasteiger charge is 2.47. The van der Waals surface area contributed by atoms with Crippen LogP contribution in [0.1, 0.15) is 25.5 Å². The van der Waals surface area contributed by atoms with E-state index >= 15 is 0 Å². The summed E-state index contributed by atoms with van der Waals surface area (Å²) in [5.74, 6) is 0.939. The van der Waals surface area contributed by atoms with E-state index in [-0.39, 0.29) is 17.6 Å². The molecule has 2 aliphatic rings. The lowest BCUT2D eigenvalue weighted by molar-refractivity contribution is 0.0974. The maximum Gasteiger partial charge on any atom is 0.180 e. The molecule has 4 heterocycles. The summed E-state index contributed by atoms with van der Waals surface area (Å²) in [4.78, 5) is 12.0. The number of aryl methyl sites for hydroxylation is 1. The van der Waals surface area contributed by atoms with Crippen LogP contribution >= 0.6 is 11.6 Å². The molecule has 7 heteroatoms. The van der Waals surface area contributed by atoms with Gasteiger partial charge in [-0.15, -0.1) is 0 Å². The van der Waals surface area contributed by atoms with Gasteiger partial charge < -0.3 is 15.4 Å². The summed E-state index contributed by atoms with van der Waals surface area (Å²) in [6.45, 7) is 6.72. The average Bonchev–Trinajstić information content (AvgIpc) is 3.30. The van der Waals surface area contributed by atoms with Crippen molar-refractivity contribution in [2.45, 2.75) is 38.8 Å². The third-order valence-corrected chi connectivity index (χ3v) is 6.94. The van der Waals surface area contributed by atoms with Crippen molar-refractivity contribution in [3.63, 3.8) is 0 Å². The molecular formula is C22H26ClN5O. The fourth-order valence-corrected chi connectivity index (χ4v) is 5.11. The molecule has 152 valence electrons. The van der Waals surface area contributed by atoms with Crippen LogP contribution in [-0.2, 0) is 4.74 Å². The smallest absolute Gasteiger partial charge is 0.180 e. The average molecular weight is 412 g/mol. The van der Waals surface area contributed by atoms with Crippen LogP contribution in [0.3, 0.4) is 0 Å². The van der Waals surface area contributed by atoms with Crippen LogP contribution < -0.4 is 10.6 Å². The fraction of sp³-hybridized carbons (Fsp3) is 0.455. The standard InChI is InChI=1S/C22H26ClN5O/c1-14-18(16-4-3-5-17(23)12-16)28-11-8-25-20(28)21(26-14)27-9-6-22(7-10-27)13-29-15(2)19(22)24/h3-5,8,11-12,15,19H,6-7,9-10,13,24H2,1-2H3/t15-,19?/m0/s1. The molecule has 2 aromatic heterocycles. The molecule has 2 atom stereocenters. The maximum atomic E-state index is 6.48. The zero-order valence-electron chi connectivity index (χ0n) is 16.8. The molecule has 0 aliphatic carbocycles. The second-order valence-electron chi connectivity index (χ2n) is 8.39. The Kier molecular flexibility index (Phi) is 4.53. The predicted octanol–water partition coefficient (Wildman–Crippen LogP) is 3.69. The number of aromatic nitrogens is 3. The Morgan fingerprint density at radius 2 is 2.07 bits per heavy atom. The lowest BCUT2D eigenvalue weighted by atomic mass is 9.73. The largest absolute Gasteiger partial charge is 0.376 e. The number of hydrogen-bond donors (Lipinski definition) is 1. The fourth-order valence-electron chi connectivity index (χ4n) is 4.92. The van der Waals surface area contributed by atoms with Gasteiger partial charge in [0.15, 0.2) is 11.5 Å². The second kappa shape index (κ2) is 6.97.